The standard InChI is InChI=1S/C16H26N4O/c1-13(2)12-20-9-5-15(6-10-20)19-16(21)18-11-14-3-7-17-8-4-14/h3-4,7-8,13,15H,5-6,9-12H2,1-2H3,(H2,18,19,21). The molecule has 5 heteroatoms. The summed E-state index contributed by atoms with van der Waals surface area (Å²) < 4.78 is 0. The van der Waals surface area contributed by atoms with E-state index in [1.54, 1.807) is 12.4 Å². The van der Waals surface area contributed by atoms with E-state index in [1.165, 1.54) is 0 Å². The lowest BCUT2D eigenvalue weighted by molar-refractivity contribution is 0.178. The third kappa shape index (κ3) is 5.71. The Morgan fingerprint density at radius 1 is 1.33 bits per heavy atom. The summed E-state index contributed by atoms with van der Waals surface area (Å²) in [4.78, 5) is 18.3. The molecule has 2 heterocycles. The minimum Gasteiger partial charge on any atom is -0.335 e. The molecule has 1 fully saturated rings. The molecule has 1 aliphatic heterocycles. The van der Waals surface area contributed by atoms with Crippen LogP contribution in [0, 0.1) is 5.92 Å². The molecule has 0 saturated carbocycles. The van der Waals surface area contributed by atoms with Gasteiger partial charge >= 0.3 is 6.03 Å². The SMILES string of the molecule is CC(C)CN1CCC(NC(=O)NCc2ccncc2)CC1. The van der Waals surface area contributed by atoms with Crippen molar-refractivity contribution in [1.82, 2.24) is 20.5 Å². The molecule has 0 unspecified atom stereocenters. The van der Waals surface area contributed by atoms with Crippen LogP contribution in [0.4, 0.5) is 4.79 Å². The Morgan fingerprint density at radius 3 is 2.62 bits per heavy atom. The summed E-state index contributed by atoms with van der Waals surface area (Å²) >= 11 is 0. The lowest BCUT2D eigenvalue weighted by atomic mass is 10.0. The first-order valence-electron chi connectivity index (χ1n) is 7.79. The van der Waals surface area contributed by atoms with Crippen LogP contribution < -0.4 is 10.6 Å². The summed E-state index contributed by atoms with van der Waals surface area (Å²) in [6.45, 7) is 8.34. The number of nitrogens with zero attached hydrogens (tertiary/aromatic N) is 2. The van der Waals surface area contributed by atoms with Crippen molar-refractivity contribution in [3.8, 4) is 0 Å². The van der Waals surface area contributed by atoms with Gasteiger partial charge in [-0.15, -0.1) is 0 Å². The van der Waals surface area contributed by atoms with Gasteiger partial charge in [0.1, 0.15) is 0 Å². The summed E-state index contributed by atoms with van der Waals surface area (Å²) in [6, 6.07) is 4.04. The largest absolute Gasteiger partial charge is 0.335 e. The second-order valence-electron chi connectivity index (χ2n) is 6.15. The van der Waals surface area contributed by atoms with Crippen LogP contribution in [-0.2, 0) is 6.54 Å². The zero-order chi connectivity index (χ0) is 15.1. The number of pyridine rings is 1. The number of rotatable bonds is 5. The van der Waals surface area contributed by atoms with Crippen molar-refractivity contribution in [2.45, 2.75) is 39.3 Å². The number of likely N-dealkylation sites (tertiary alicyclic amines) is 1. The number of hydrogen-bond donors (Lipinski definition) is 2. The van der Waals surface area contributed by atoms with E-state index in [9.17, 15) is 4.79 Å². The zero-order valence-electron chi connectivity index (χ0n) is 13.0. The predicted octanol–water partition coefficient (Wildman–Crippen LogP) is 2.00. The molecule has 21 heavy (non-hydrogen) atoms. The summed E-state index contributed by atoms with van der Waals surface area (Å²) in [5.74, 6) is 0.707. The van der Waals surface area contributed by atoms with E-state index in [0.717, 1.165) is 38.0 Å². The van der Waals surface area contributed by atoms with Gasteiger partial charge in [0, 0.05) is 44.6 Å². The third-order valence-electron chi connectivity index (χ3n) is 3.75. The monoisotopic (exact) mass is 290 g/mol. The molecule has 0 bridgehead atoms. The van der Waals surface area contributed by atoms with Crippen LogP contribution in [0.2, 0.25) is 0 Å². The molecule has 2 rings (SSSR count). The van der Waals surface area contributed by atoms with Crippen molar-refractivity contribution >= 4 is 6.03 Å². The van der Waals surface area contributed by atoms with Crippen molar-refractivity contribution in [1.29, 1.82) is 0 Å². The Balaban J connectivity index is 1.65. The Hall–Kier alpha value is -1.62. The number of nitrogens with one attached hydrogen (secondary N) is 2. The van der Waals surface area contributed by atoms with E-state index >= 15 is 0 Å². The Kier molecular flexibility index (Phi) is 5.99. The minimum atomic E-state index is -0.0749. The highest BCUT2D eigenvalue weighted by molar-refractivity contribution is 5.74. The van der Waals surface area contributed by atoms with Crippen molar-refractivity contribution in [3.05, 3.63) is 30.1 Å². The van der Waals surface area contributed by atoms with Crippen LogP contribution in [0.3, 0.4) is 0 Å². The van der Waals surface area contributed by atoms with Gasteiger partial charge in [0.05, 0.1) is 0 Å². The fraction of sp³-hybridized carbons (Fsp3) is 0.625. The molecular weight excluding hydrogens is 264 g/mol. The van der Waals surface area contributed by atoms with Crippen LogP contribution in [0.1, 0.15) is 32.3 Å². The molecule has 116 valence electrons. The lowest BCUT2D eigenvalue weighted by Crippen LogP contribution is -2.48. The van der Waals surface area contributed by atoms with E-state index < -0.39 is 0 Å². The minimum absolute atomic E-state index is 0.0749. The normalized spacial score (nSPS) is 16.9. The molecular formula is C16H26N4O. The average Bonchev–Trinajstić information content (AvgIpc) is 2.48. The van der Waals surface area contributed by atoms with Crippen molar-refractivity contribution < 1.29 is 4.79 Å². The molecule has 0 aromatic carbocycles. The first kappa shape index (κ1) is 15.8. The fourth-order valence-corrected chi connectivity index (χ4v) is 2.70. The fourth-order valence-electron chi connectivity index (χ4n) is 2.70. The molecule has 5 nitrogen and oxygen atoms in total. The summed E-state index contributed by atoms with van der Waals surface area (Å²) in [6.07, 6.45) is 5.55. The van der Waals surface area contributed by atoms with Crippen LogP contribution >= 0.6 is 0 Å². The first-order valence-corrected chi connectivity index (χ1v) is 7.79. The quantitative estimate of drug-likeness (QED) is 0.872. The van der Waals surface area contributed by atoms with Crippen LogP contribution in [-0.4, -0.2) is 41.6 Å². The van der Waals surface area contributed by atoms with Crippen molar-refractivity contribution in [3.63, 3.8) is 0 Å². The van der Waals surface area contributed by atoms with Gasteiger partial charge in [0.15, 0.2) is 0 Å². The van der Waals surface area contributed by atoms with E-state index in [4.69, 9.17) is 0 Å². The maximum atomic E-state index is 11.9. The number of hydrogen-bond acceptors (Lipinski definition) is 3. The Morgan fingerprint density at radius 2 is 2.00 bits per heavy atom. The van der Waals surface area contributed by atoms with Crippen molar-refractivity contribution in [2.75, 3.05) is 19.6 Å². The molecule has 2 amide bonds. The first-order chi connectivity index (χ1) is 10.1. The number of urea groups is 1. The van der Waals surface area contributed by atoms with E-state index in [2.05, 4.69) is 34.4 Å². The van der Waals surface area contributed by atoms with Gasteiger partial charge in [-0.1, -0.05) is 13.8 Å². The van der Waals surface area contributed by atoms with Gasteiger partial charge in [-0.2, -0.15) is 0 Å². The van der Waals surface area contributed by atoms with Crippen molar-refractivity contribution in [2.24, 2.45) is 5.92 Å². The topological polar surface area (TPSA) is 57.3 Å². The van der Waals surface area contributed by atoms with E-state index in [1.807, 2.05) is 12.1 Å². The highest BCUT2D eigenvalue weighted by Gasteiger charge is 2.20. The van der Waals surface area contributed by atoms with E-state index in [-0.39, 0.29) is 6.03 Å². The number of amides is 2. The molecule has 0 aliphatic carbocycles. The molecule has 0 atom stereocenters. The Bertz CT molecular complexity index is 427. The van der Waals surface area contributed by atoms with Gasteiger partial charge in [0.2, 0.25) is 0 Å². The molecule has 1 saturated heterocycles. The highest BCUT2D eigenvalue weighted by atomic mass is 16.2. The van der Waals surface area contributed by atoms with Crippen LogP contribution in [0.25, 0.3) is 0 Å². The maximum Gasteiger partial charge on any atom is 0.315 e. The molecule has 0 spiro atoms. The van der Waals surface area contributed by atoms with Gasteiger partial charge in [-0.05, 0) is 36.5 Å². The molecule has 1 aromatic rings. The van der Waals surface area contributed by atoms with Gasteiger partial charge in [0.25, 0.3) is 0 Å². The van der Waals surface area contributed by atoms with Gasteiger partial charge in [-0.25, -0.2) is 4.79 Å². The maximum absolute atomic E-state index is 11.9. The summed E-state index contributed by atoms with van der Waals surface area (Å²) in [5.41, 5.74) is 1.06. The van der Waals surface area contributed by atoms with Gasteiger partial charge in [-0.3, -0.25) is 4.98 Å². The van der Waals surface area contributed by atoms with E-state index in [0.29, 0.717) is 18.5 Å². The molecule has 1 aliphatic rings. The molecule has 0 radical (unpaired) electrons. The predicted molar refractivity (Wildman–Crippen MR) is 83.9 cm³/mol. The highest BCUT2D eigenvalue weighted by Crippen LogP contribution is 2.11. The third-order valence-corrected chi connectivity index (χ3v) is 3.75. The zero-order valence-corrected chi connectivity index (χ0v) is 13.0. The summed E-state index contributed by atoms with van der Waals surface area (Å²) in [5, 5.41) is 5.97. The van der Waals surface area contributed by atoms with Crippen LogP contribution in [0.5, 0.6) is 0 Å². The number of aromatic nitrogens is 1. The smallest absolute Gasteiger partial charge is 0.315 e. The number of carbonyl (C=O) groups is 1. The summed E-state index contributed by atoms with van der Waals surface area (Å²) in [7, 11) is 0. The molecule has 2 N–H and O–H groups in total. The Labute approximate surface area is 127 Å². The lowest BCUT2D eigenvalue weighted by Gasteiger charge is -2.33. The number of piperidine rings is 1. The second-order valence-corrected chi connectivity index (χ2v) is 6.15. The van der Waals surface area contributed by atoms with Crippen LogP contribution in [0.15, 0.2) is 24.5 Å². The van der Waals surface area contributed by atoms with Gasteiger partial charge < -0.3 is 15.5 Å². The number of carbonyl (C=O) groups excluding carboxylic acids is 1. The average molecular weight is 290 g/mol. The molecule has 1 aromatic heterocycles. The second kappa shape index (κ2) is 7.98.